The van der Waals surface area contributed by atoms with Crippen LogP contribution in [0.15, 0.2) is 43.9 Å². The Bertz CT molecular complexity index is 1500. The Hall–Kier alpha value is -3.63. The smallest absolute Gasteiger partial charge is 0.276 e. The highest BCUT2D eigenvalue weighted by molar-refractivity contribution is 8.04. The van der Waals surface area contributed by atoms with Crippen molar-refractivity contribution in [2.24, 2.45) is 12.2 Å². The molecule has 1 saturated heterocycles. The van der Waals surface area contributed by atoms with E-state index < -0.39 is 36.5 Å². The highest BCUT2D eigenvalue weighted by atomic mass is 32.2. The largest absolute Gasteiger partial charge is 0.543 e. The molecule has 198 valence electrons. The number of pyridine rings is 1. The van der Waals surface area contributed by atoms with Gasteiger partial charge < -0.3 is 30.7 Å². The van der Waals surface area contributed by atoms with Crippen molar-refractivity contribution in [3.05, 3.63) is 40.1 Å². The summed E-state index contributed by atoms with van der Waals surface area (Å²) in [5, 5.41) is 20.0. The van der Waals surface area contributed by atoms with Crippen LogP contribution < -0.4 is 20.7 Å². The number of hydrogen-bond donors (Lipinski definition) is 2. The molecule has 16 heteroatoms. The first-order valence-electron chi connectivity index (χ1n) is 11.3. The molecule has 2 amide bonds. The number of nitrogen functional groups attached to an aromatic ring is 1. The van der Waals surface area contributed by atoms with E-state index in [0.717, 1.165) is 26.5 Å². The highest BCUT2D eigenvalue weighted by Gasteiger charge is 2.52. The number of thioether (sulfide) groups is 1. The maximum absolute atomic E-state index is 13.1. The number of carboxylic acids is 1. The number of fused-ring (bicyclic) bond motifs is 2. The van der Waals surface area contributed by atoms with Crippen LogP contribution in [0.1, 0.15) is 18.5 Å². The summed E-state index contributed by atoms with van der Waals surface area (Å²) in [4.78, 5) is 53.1. The van der Waals surface area contributed by atoms with Crippen LogP contribution in [0, 0.1) is 0 Å². The van der Waals surface area contributed by atoms with Crippen molar-refractivity contribution in [3.63, 3.8) is 0 Å². The number of carbonyl (C=O) groups excluding carboxylic acids is 3. The number of oxime groups is 1. The Labute approximate surface area is 227 Å². The molecule has 0 bridgehead atoms. The number of aromatic nitrogens is 3. The minimum absolute atomic E-state index is 0.106. The fourth-order valence-electron chi connectivity index (χ4n) is 4.18. The quantitative estimate of drug-likeness (QED) is 0.118. The summed E-state index contributed by atoms with van der Waals surface area (Å²) in [6.45, 7) is -1.19. The topological polar surface area (TPSA) is 167 Å². The van der Waals surface area contributed by atoms with Gasteiger partial charge in [0.25, 0.3) is 11.8 Å². The number of carbonyl (C=O) groups is 3. The van der Waals surface area contributed by atoms with Gasteiger partial charge in [-0.25, -0.2) is 18.9 Å². The molecule has 3 N–H and O–H groups in total. The van der Waals surface area contributed by atoms with Crippen molar-refractivity contribution >= 4 is 73.3 Å². The van der Waals surface area contributed by atoms with Gasteiger partial charge in [-0.2, -0.15) is 0 Å². The van der Waals surface area contributed by atoms with E-state index in [-0.39, 0.29) is 28.8 Å². The van der Waals surface area contributed by atoms with Gasteiger partial charge in [-0.1, -0.05) is 16.9 Å². The molecule has 1 fully saturated rings. The van der Waals surface area contributed by atoms with Crippen molar-refractivity contribution < 1.29 is 33.3 Å². The lowest BCUT2D eigenvalue weighted by Crippen LogP contribution is -2.72. The van der Waals surface area contributed by atoms with Crippen molar-refractivity contribution in [1.82, 2.24) is 20.2 Å². The molecular formula is C22H20FN7O5S3. The lowest BCUT2D eigenvalue weighted by molar-refractivity contribution is -0.670. The van der Waals surface area contributed by atoms with Crippen molar-refractivity contribution in [3.8, 4) is 0 Å². The van der Waals surface area contributed by atoms with Gasteiger partial charge in [0.1, 0.15) is 37.6 Å². The van der Waals surface area contributed by atoms with E-state index in [1.54, 1.807) is 0 Å². The first-order chi connectivity index (χ1) is 18.3. The number of nitrogens with zero attached hydrogens (tertiary/aromatic N) is 5. The van der Waals surface area contributed by atoms with E-state index in [4.69, 9.17) is 10.6 Å². The van der Waals surface area contributed by atoms with Gasteiger partial charge in [-0.15, -0.1) is 22.7 Å². The number of hydrogen-bond acceptors (Lipinski definition) is 12. The molecule has 0 spiro atoms. The summed E-state index contributed by atoms with van der Waals surface area (Å²) in [7, 11) is 1.88. The summed E-state index contributed by atoms with van der Waals surface area (Å²) in [5.74, 6) is -2.87. The molecular weight excluding hydrogens is 557 g/mol. The summed E-state index contributed by atoms with van der Waals surface area (Å²) in [6.07, 6.45) is 4.52. The SMILES string of the molecule is C[n+]1ccc2sc(SC3=C(C(=O)[O-])N4C(=O)[C@@H](NC(=O)/C(=N/OCCF)c5csc(N)n5)[C@H]4CC3)nc2c1. The molecule has 2 atom stereocenters. The number of rotatable bonds is 9. The molecule has 3 aromatic rings. The lowest BCUT2D eigenvalue weighted by Gasteiger charge is -2.51. The molecule has 0 aliphatic carbocycles. The molecule has 5 rings (SSSR count). The minimum Gasteiger partial charge on any atom is -0.543 e. The number of nitrogens with one attached hydrogen (secondary N) is 1. The third kappa shape index (κ3) is 4.93. The van der Waals surface area contributed by atoms with Crippen molar-refractivity contribution in [2.45, 2.75) is 29.3 Å². The van der Waals surface area contributed by atoms with Crippen LogP contribution in [0.4, 0.5) is 9.52 Å². The molecule has 0 aromatic carbocycles. The number of thiazole rings is 2. The second-order valence-electron chi connectivity index (χ2n) is 8.30. The van der Waals surface area contributed by atoms with E-state index in [1.807, 2.05) is 30.1 Å². The average Bonchev–Trinajstić information content (AvgIpc) is 3.49. The van der Waals surface area contributed by atoms with E-state index in [9.17, 15) is 23.9 Å². The number of aliphatic carboxylic acids is 1. The molecule has 0 saturated carbocycles. The fraction of sp³-hybridized carbons (Fsp3) is 0.318. The van der Waals surface area contributed by atoms with Crippen LogP contribution in [0.5, 0.6) is 0 Å². The zero-order valence-corrected chi connectivity index (χ0v) is 22.2. The van der Waals surface area contributed by atoms with E-state index >= 15 is 0 Å². The fourth-order valence-corrected chi connectivity index (χ4v) is 6.98. The molecule has 2 aliphatic heterocycles. The van der Waals surface area contributed by atoms with Gasteiger partial charge in [-0.05, 0) is 12.8 Å². The van der Waals surface area contributed by atoms with E-state index in [2.05, 4.69) is 20.4 Å². The minimum atomic E-state index is -1.48. The average molecular weight is 578 g/mol. The Morgan fingerprint density at radius 2 is 2.26 bits per heavy atom. The number of carboxylic acid groups (broad SMARTS) is 1. The predicted molar refractivity (Wildman–Crippen MR) is 135 cm³/mol. The van der Waals surface area contributed by atoms with Crippen LogP contribution in [0.3, 0.4) is 0 Å². The van der Waals surface area contributed by atoms with Gasteiger partial charge in [0.15, 0.2) is 27.6 Å². The second kappa shape index (κ2) is 10.6. The Kier molecular flexibility index (Phi) is 7.27. The standard InChI is InChI=1S/C22H20FN7O5S3/c1-29-6-4-13-10(8-29)26-22(37-13)38-14-3-2-12-16(19(32)30(12)17(14)20(33)34)27-18(31)15(28-35-7-5-23)11-9-36-21(24)25-11/h4,6,8-9,12,16H,2-3,5,7H2,1H3,(H3-,24,25,27,31,33,34)/b28-15+/t12-,16+/m1/s1. The number of β-lactam (4-membered cyclic amide) rings is 1. The summed E-state index contributed by atoms with van der Waals surface area (Å²) >= 11 is 3.69. The number of anilines is 1. The molecule has 38 heavy (non-hydrogen) atoms. The van der Waals surface area contributed by atoms with Gasteiger partial charge >= 0.3 is 0 Å². The molecule has 0 unspecified atom stereocenters. The van der Waals surface area contributed by atoms with Gasteiger partial charge in [0, 0.05) is 16.4 Å². The van der Waals surface area contributed by atoms with Crippen LogP contribution >= 0.6 is 34.4 Å². The van der Waals surface area contributed by atoms with E-state index in [0.29, 0.717) is 22.1 Å². The second-order valence-corrected chi connectivity index (χ2v) is 11.6. The first kappa shape index (κ1) is 26.0. The number of nitrogens with two attached hydrogens (primary N) is 1. The number of allylic oxidation sites excluding steroid dienone is 1. The molecule has 5 heterocycles. The zero-order chi connectivity index (χ0) is 27.0. The number of aryl methyl sites for hydroxylation is 1. The van der Waals surface area contributed by atoms with Gasteiger partial charge in [-0.3, -0.25) is 9.59 Å². The predicted octanol–water partition coefficient (Wildman–Crippen LogP) is 0.0929. The molecule has 0 radical (unpaired) electrons. The highest BCUT2D eigenvalue weighted by Crippen LogP contribution is 2.44. The van der Waals surface area contributed by atoms with Crippen molar-refractivity contribution in [1.29, 1.82) is 0 Å². The van der Waals surface area contributed by atoms with Crippen molar-refractivity contribution in [2.75, 3.05) is 19.0 Å². The molecule has 3 aromatic heterocycles. The van der Waals surface area contributed by atoms with Crippen LogP contribution in [-0.4, -0.2) is 63.7 Å². The third-order valence-electron chi connectivity index (χ3n) is 5.83. The lowest BCUT2D eigenvalue weighted by atomic mass is 9.86. The monoisotopic (exact) mass is 577 g/mol. The van der Waals surface area contributed by atoms with Crippen LogP contribution in [0.2, 0.25) is 0 Å². The number of amides is 2. The Morgan fingerprint density at radius 1 is 1.45 bits per heavy atom. The molecule has 12 nitrogen and oxygen atoms in total. The summed E-state index contributed by atoms with van der Waals surface area (Å²) < 4.78 is 15.9. The maximum atomic E-state index is 13.1. The number of alkyl halides is 1. The van der Waals surface area contributed by atoms with E-state index in [1.165, 1.54) is 28.5 Å². The Balaban J connectivity index is 1.35. The normalized spacial score (nSPS) is 19.4. The van der Waals surface area contributed by atoms with Gasteiger partial charge in [0.05, 0.1) is 22.4 Å². The maximum Gasteiger partial charge on any atom is 0.276 e. The van der Waals surface area contributed by atoms with Gasteiger partial charge in [0.2, 0.25) is 0 Å². The van der Waals surface area contributed by atoms with Crippen LogP contribution in [-0.2, 0) is 26.3 Å². The summed E-state index contributed by atoms with van der Waals surface area (Å²) in [6, 6.07) is 0.342. The molecule has 2 aliphatic rings. The van der Waals surface area contributed by atoms with Crippen LogP contribution in [0.25, 0.3) is 10.2 Å². The first-order valence-corrected chi connectivity index (χ1v) is 13.8. The zero-order valence-electron chi connectivity index (χ0n) is 19.7. The Morgan fingerprint density at radius 3 is 2.97 bits per heavy atom. The third-order valence-corrected chi connectivity index (χ3v) is 8.75. The number of halogens is 1. The summed E-state index contributed by atoms with van der Waals surface area (Å²) in [5.41, 5.74) is 6.04.